The third kappa shape index (κ3) is 3.16. The van der Waals surface area contributed by atoms with Gasteiger partial charge in [-0.05, 0) is 49.7 Å². The van der Waals surface area contributed by atoms with E-state index < -0.39 is 10.8 Å². The fourth-order valence-electron chi connectivity index (χ4n) is 2.09. The number of ether oxygens (including phenoxy) is 1. The third-order valence-electron chi connectivity index (χ3n) is 3.04. The first-order valence-corrected chi connectivity index (χ1v) is 6.95. The summed E-state index contributed by atoms with van der Waals surface area (Å²) in [7, 11) is 1.60. The molecule has 2 aromatic rings. The molecule has 0 aliphatic carbocycles. The predicted octanol–water partition coefficient (Wildman–Crippen LogP) is 3.22. The van der Waals surface area contributed by atoms with Gasteiger partial charge in [-0.3, -0.25) is 9.59 Å². The molecule has 21 heavy (non-hydrogen) atoms. The van der Waals surface area contributed by atoms with Gasteiger partial charge in [0.15, 0.2) is 0 Å². The van der Waals surface area contributed by atoms with E-state index in [1.807, 2.05) is 38.1 Å². The Morgan fingerprint density at radius 2 is 1.86 bits per heavy atom. The van der Waals surface area contributed by atoms with Crippen molar-refractivity contribution < 1.29 is 9.53 Å². The Hall–Kier alpha value is -2.07. The Morgan fingerprint density at radius 3 is 2.48 bits per heavy atom. The highest BCUT2D eigenvalue weighted by Crippen LogP contribution is 2.29. The van der Waals surface area contributed by atoms with Crippen molar-refractivity contribution >= 4 is 16.8 Å². The molecule has 0 saturated carbocycles. The standard InChI is InChI=1S/C16H16ClNO3/c1-10(2)21-14-7-5-4-6-11(14)13-9-8-12(15(17)19)16(20)18(13)3/h4-10H,1-3H3. The van der Waals surface area contributed by atoms with Crippen LogP contribution in [0.25, 0.3) is 11.3 Å². The summed E-state index contributed by atoms with van der Waals surface area (Å²) in [6.07, 6.45) is 0.0203. The smallest absolute Gasteiger partial charge is 0.262 e. The molecule has 0 atom stereocenters. The van der Waals surface area contributed by atoms with Crippen LogP contribution < -0.4 is 10.3 Å². The van der Waals surface area contributed by atoms with Crippen LogP contribution in [0, 0.1) is 0 Å². The van der Waals surface area contributed by atoms with Gasteiger partial charge in [0.25, 0.3) is 10.8 Å². The Morgan fingerprint density at radius 1 is 1.19 bits per heavy atom. The van der Waals surface area contributed by atoms with E-state index in [-0.39, 0.29) is 11.7 Å². The van der Waals surface area contributed by atoms with Gasteiger partial charge in [-0.15, -0.1) is 0 Å². The SMILES string of the molecule is CC(C)Oc1ccccc1-c1ccc(C(=O)Cl)c(=O)n1C. The van der Waals surface area contributed by atoms with Crippen LogP contribution in [-0.2, 0) is 7.05 Å². The molecule has 0 saturated heterocycles. The quantitative estimate of drug-likeness (QED) is 0.815. The summed E-state index contributed by atoms with van der Waals surface area (Å²) in [6.45, 7) is 3.87. The number of halogens is 1. The van der Waals surface area contributed by atoms with Gasteiger partial charge in [-0.1, -0.05) is 12.1 Å². The summed E-state index contributed by atoms with van der Waals surface area (Å²) >= 11 is 5.40. The molecule has 2 rings (SSSR count). The van der Waals surface area contributed by atoms with Crippen molar-refractivity contribution in [1.82, 2.24) is 4.57 Å². The number of pyridine rings is 1. The Labute approximate surface area is 127 Å². The molecule has 0 amide bonds. The lowest BCUT2D eigenvalue weighted by Crippen LogP contribution is -2.23. The highest BCUT2D eigenvalue weighted by Gasteiger charge is 2.15. The maximum Gasteiger partial charge on any atom is 0.262 e. The lowest BCUT2D eigenvalue weighted by molar-refractivity contribution is 0.107. The van der Waals surface area contributed by atoms with Crippen LogP contribution in [-0.4, -0.2) is 15.9 Å². The number of hydrogen-bond donors (Lipinski definition) is 0. The number of para-hydroxylation sites is 1. The highest BCUT2D eigenvalue weighted by atomic mass is 35.5. The lowest BCUT2D eigenvalue weighted by Gasteiger charge is -2.16. The monoisotopic (exact) mass is 305 g/mol. The molecular weight excluding hydrogens is 290 g/mol. The molecular formula is C16H16ClNO3. The molecule has 0 radical (unpaired) electrons. The number of hydrogen-bond acceptors (Lipinski definition) is 3. The van der Waals surface area contributed by atoms with Crippen molar-refractivity contribution in [2.24, 2.45) is 7.05 Å². The second-order valence-electron chi connectivity index (χ2n) is 4.93. The molecule has 0 spiro atoms. The zero-order chi connectivity index (χ0) is 15.6. The first-order chi connectivity index (χ1) is 9.91. The zero-order valence-corrected chi connectivity index (χ0v) is 12.8. The van der Waals surface area contributed by atoms with Crippen LogP contribution in [0.3, 0.4) is 0 Å². The molecule has 0 unspecified atom stereocenters. The molecule has 0 bridgehead atoms. The van der Waals surface area contributed by atoms with Gasteiger partial charge in [-0.25, -0.2) is 0 Å². The normalized spacial score (nSPS) is 10.7. The van der Waals surface area contributed by atoms with Gasteiger partial charge >= 0.3 is 0 Å². The summed E-state index contributed by atoms with van der Waals surface area (Å²) in [5.74, 6) is 0.687. The van der Waals surface area contributed by atoms with Crippen LogP contribution in [0.5, 0.6) is 5.75 Å². The van der Waals surface area contributed by atoms with Gasteiger partial charge in [0.2, 0.25) is 0 Å². The summed E-state index contributed by atoms with van der Waals surface area (Å²) < 4.78 is 7.16. The van der Waals surface area contributed by atoms with Crippen molar-refractivity contribution in [2.75, 3.05) is 0 Å². The maximum absolute atomic E-state index is 12.2. The number of aromatic nitrogens is 1. The van der Waals surface area contributed by atoms with Gasteiger partial charge in [0.1, 0.15) is 5.75 Å². The van der Waals surface area contributed by atoms with E-state index in [1.165, 1.54) is 10.6 Å². The zero-order valence-electron chi connectivity index (χ0n) is 12.1. The molecule has 4 nitrogen and oxygen atoms in total. The summed E-state index contributed by atoms with van der Waals surface area (Å²) in [4.78, 5) is 23.4. The topological polar surface area (TPSA) is 48.3 Å². The van der Waals surface area contributed by atoms with Gasteiger partial charge in [-0.2, -0.15) is 0 Å². The summed E-state index contributed by atoms with van der Waals surface area (Å²) in [5.41, 5.74) is 0.995. The molecule has 110 valence electrons. The molecule has 5 heteroatoms. The van der Waals surface area contributed by atoms with Crippen LogP contribution in [0.15, 0.2) is 41.2 Å². The number of benzene rings is 1. The maximum atomic E-state index is 12.2. The van der Waals surface area contributed by atoms with E-state index in [4.69, 9.17) is 16.3 Å². The van der Waals surface area contributed by atoms with Crippen molar-refractivity contribution in [3.63, 3.8) is 0 Å². The highest BCUT2D eigenvalue weighted by molar-refractivity contribution is 6.67. The minimum Gasteiger partial charge on any atom is -0.490 e. The minimum atomic E-state index is -0.756. The van der Waals surface area contributed by atoms with Crippen LogP contribution in [0.4, 0.5) is 0 Å². The largest absolute Gasteiger partial charge is 0.490 e. The lowest BCUT2D eigenvalue weighted by atomic mass is 10.1. The number of carbonyl (C=O) groups excluding carboxylic acids is 1. The second kappa shape index (κ2) is 6.14. The molecule has 1 heterocycles. The number of carbonyl (C=O) groups is 1. The molecule has 1 aromatic heterocycles. The summed E-state index contributed by atoms with van der Waals surface area (Å²) in [6, 6.07) is 10.6. The van der Waals surface area contributed by atoms with Gasteiger partial charge in [0, 0.05) is 12.6 Å². The minimum absolute atomic E-state index is 0.0203. The Bertz CT molecular complexity index is 735. The average molecular weight is 306 g/mol. The Balaban J connectivity index is 2.61. The van der Waals surface area contributed by atoms with E-state index >= 15 is 0 Å². The molecule has 1 aromatic carbocycles. The van der Waals surface area contributed by atoms with E-state index in [2.05, 4.69) is 0 Å². The fraction of sp³-hybridized carbons (Fsp3) is 0.250. The van der Waals surface area contributed by atoms with E-state index in [0.29, 0.717) is 11.4 Å². The van der Waals surface area contributed by atoms with Crippen LogP contribution in [0.1, 0.15) is 24.2 Å². The van der Waals surface area contributed by atoms with Crippen molar-refractivity contribution in [3.05, 3.63) is 52.3 Å². The molecule has 0 aliphatic rings. The van der Waals surface area contributed by atoms with Gasteiger partial charge < -0.3 is 9.30 Å². The van der Waals surface area contributed by atoms with Gasteiger partial charge in [0.05, 0.1) is 17.4 Å². The number of rotatable bonds is 4. The molecule has 0 fully saturated rings. The first-order valence-electron chi connectivity index (χ1n) is 6.57. The second-order valence-corrected chi connectivity index (χ2v) is 5.28. The van der Waals surface area contributed by atoms with E-state index in [1.54, 1.807) is 13.1 Å². The Kier molecular flexibility index (Phi) is 4.48. The number of nitrogens with zero attached hydrogens (tertiary/aromatic N) is 1. The van der Waals surface area contributed by atoms with Crippen molar-refractivity contribution in [1.29, 1.82) is 0 Å². The molecule has 0 N–H and O–H groups in total. The fourth-order valence-corrected chi connectivity index (χ4v) is 2.23. The van der Waals surface area contributed by atoms with E-state index in [9.17, 15) is 9.59 Å². The predicted molar refractivity (Wildman–Crippen MR) is 83.1 cm³/mol. The van der Waals surface area contributed by atoms with Crippen LogP contribution >= 0.6 is 11.6 Å². The van der Waals surface area contributed by atoms with Crippen molar-refractivity contribution in [3.8, 4) is 17.0 Å². The first kappa shape index (κ1) is 15.3. The third-order valence-corrected chi connectivity index (χ3v) is 3.25. The van der Waals surface area contributed by atoms with Crippen LogP contribution in [0.2, 0.25) is 0 Å². The average Bonchev–Trinajstić information content (AvgIpc) is 2.42. The van der Waals surface area contributed by atoms with E-state index in [0.717, 1.165) is 5.56 Å². The summed E-state index contributed by atoms with van der Waals surface area (Å²) in [5, 5.41) is -0.756. The molecule has 0 aliphatic heterocycles. The van der Waals surface area contributed by atoms with Crippen molar-refractivity contribution in [2.45, 2.75) is 20.0 Å².